The number of fused-ring (bicyclic) bond motifs is 12. The normalized spacial score (nSPS) is 11.8. The van der Waals surface area contributed by atoms with E-state index in [9.17, 15) is 0 Å². The van der Waals surface area contributed by atoms with Crippen LogP contribution in [-0.2, 0) is 0 Å². The number of aromatic nitrogens is 6. The van der Waals surface area contributed by atoms with Crippen molar-refractivity contribution in [2.45, 2.75) is 0 Å². The van der Waals surface area contributed by atoms with E-state index in [0.29, 0.717) is 0 Å². The Morgan fingerprint density at radius 3 is 0.519 bits per heavy atom. The number of hydrogen-bond donors (Lipinski definition) is 0. The molecular formula is C100H64N6. The maximum Gasteiger partial charge on any atom is 0.0715 e. The Morgan fingerprint density at radius 1 is 0.132 bits per heavy atom. The van der Waals surface area contributed by atoms with Gasteiger partial charge in [0.15, 0.2) is 0 Å². The van der Waals surface area contributed by atoms with Gasteiger partial charge in [-0.3, -0.25) is 0 Å². The third kappa shape index (κ3) is 10.2. The number of nitrogens with zero attached hydrogens (tertiary/aromatic N) is 6. The molecule has 0 fully saturated rings. The van der Waals surface area contributed by atoms with Crippen LogP contribution in [-0.4, -0.2) is 28.2 Å². The molecule has 494 valence electrons. The van der Waals surface area contributed by atoms with Crippen LogP contribution in [0.15, 0.2) is 388 Å². The molecule has 0 saturated carbocycles. The van der Waals surface area contributed by atoms with E-state index in [1.807, 2.05) is 0 Å². The molecule has 0 saturated heterocycles. The minimum absolute atomic E-state index is 0.902. The maximum absolute atomic E-state index is 5.50. The first kappa shape index (κ1) is 60.6. The molecule has 0 spiro atoms. The Labute approximate surface area is 612 Å². The quantitative estimate of drug-likeness (QED) is 0.122. The number of pyridine rings is 2. The summed E-state index contributed by atoms with van der Waals surface area (Å²) in [6, 6.07) is 141. The molecule has 0 aliphatic heterocycles. The molecule has 0 aliphatic rings. The second-order valence-corrected chi connectivity index (χ2v) is 27.7. The summed E-state index contributed by atoms with van der Waals surface area (Å²) in [4.78, 5) is 11.0. The number of rotatable bonds is 12. The lowest BCUT2D eigenvalue weighted by Crippen LogP contribution is -1.96. The lowest BCUT2D eigenvalue weighted by atomic mass is 9.94. The van der Waals surface area contributed by atoms with Gasteiger partial charge in [0.2, 0.25) is 0 Å². The van der Waals surface area contributed by atoms with Crippen LogP contribution in [0.4, 0.5) is 0 Å². The molecule has 0 radical (unpaired) electrons. The van der Waals surface area contributed by atoms with Crippen molar-refractivity contribution in [3.8, 4) is 112 Å². The summed E-state index contributed by atoms with van der Waals surface area (Å²) >= 11 is 0. The van der Waals surface area contributed by atoms with Crippen molar-refractivity contribution in [2.75, 3.05) is 0 Å². The Balaban J connectivity index is 0.622. The molecule has 0 amide bonds. The summed E-state index contributed by atoms with van der Waals surface area (Å²) in [5.41, 5.74) is 30.6. The topological polar surface area (TPSA) is 45.5 Å². The fraction of sp³-hybridized carbons (Fsp3) is 0. The van der Waals surface area contributed by atoms with Crippen molar-refractivity contribution in [1.82, 2.24) is 28.2 Å². The van der Waals surface area contributed by atoms with Crippen LogP contribution in [0.2, 0.25) is 0 Å². The third-order valence-corrected chi connectivity index (χ3v) is 21.6. The standard InChI is InChI=1S/C100H64N6/c1-9-31-93-81(23-1)82-24-2-10-32-94(82)103(93)77-51-43-67(44-52-77)89-61-75(62-90(101-89)68-45-53-78(54-46-68)104-95-33-11-3-25-83(95)84-26-4-12-34-96(84)104)73-21-17-19-71(59-73)65-39-41-66(42-40-65)72-20-18-22-74(60-72)76-63-91(69-47-55-79(56-48-69)105-97-35-13-5-27-85(97)86-28-6-14-36-98(86)105)102-92(64-76)70-49-57-80(58-50-70)106-99-37-15-7-29-87(99)88-30-8-16-38-100(88)106/h1-64H. The third-order valence-electron chi connectivity index (χ3n) is 21.6. The number of para-hydroxylation sites is 8. The largest absolute Gasteiger partial charge is 0.309 e. The SMILES string of the molecule is c1cc(-c2ccc(-c3cccc(-c4cc(-c5ccc(-n6c7ccccc7c7ccccc76)cc5)nc(-c5ccc(-n6c7ccccc7c7ccccc76)cc5)c4)c3)cc2)cc(-c2cc(-c3ccc(-n4c5ccccc5c5ccccc54)cc3)nc(-c3ccc(-n4c5ccccc5c5ccccc54)cc3)c2)c1. The smallest absolute Gasteiger partial charge is 0.0715 e. The van der Waals surface area contributed by atoms with E-state index >= 15 is 0 Å². The zero-order valence-corrected chi connectivity index (χ0v) is 57.6. The molecule has 0 bridgehead atoms. The second-order valence-electron chi connectivity index (χ2n) is 27.7. The summed E-state index contributed by atoms with van der Waals surface area (Å²) in [5, 5.41) is 9.93. The Morgan fingerprint density at radius 2 is 0.311 bits per heavy atom. The van der Waals surface area contributed by atoms with Crippen LogP contribution in [0.25, 0.3) is 200 Å². The minimum Gasteiger partial charge on any atom is -0.309 e. The molecule has 6 nitrogen and oxygen atoms in total. The molecule has 6 heteroatoms. The first-order chi connectivity index (χ1) is 52.5. The zero-order valence-electron chi connectivity index (χ0n) is 57.6. The highest BCUT2D eigenvalue weighted by atomic mass is 15.0. The van der Waals surface area contributed by atoms with Crippen molar-refractivity contribution in [2.24, 2.45) is 0 Å². The summed E-state index contributed by atoms with van der Waals surface area (Å²) in [7, 11) is 0. The molecule has 21 rings (SSSR count). The Kier molecular flexibility index (Phi) is 14.2. The molecule has 6 heterocycles. The van der Waals surface area contributed by atoms with Gasteiger partial charge in [0.05, 0.1) is 66.9 Å². The molecule has 0 atom stereocenters. The van der Waals surface area contributed by atoms with Gasteiger partial charge in [-0.15, -0.1) is 0 Å². The van der Waals surface area contributed by atoms with Gasteiger partial charge in [-0.05, 0) is 178 Å². The predicted molar refractivity (Wildman–Crippen MR) is 443 cm³/mol. The van der Waals surface area contributed by atoms with E-state index in [4.69, 9.17) is 9.97 Å². The Hall–Kier alpha value is -14.2. The highest BCUT2D eigenvalue weighted by molar-refractivity contribution is 6.12. The van der Waals surface area contributed by atoms with Crippen LogP contribution in [0.1, 0.15) is 0 Å². The van der Waals surface area contributed by atoms with Gasteiger partial charge in [-0.1, -0.05) is 255 Å². The van der Waals surface area contributed by atoms with Gasteiger partial charge in [0, 0.05) is 88.1 Å². The van der Waals surface area contributed by atoms with Crippen molar-refractivity contribution in [3.05, 3.63) is 388 Å². The van der Waals surface area contributed by atoms with Crippen LogP contribution in [0.5, 0.6) is 0 Å². The maximum atomic E-state index is 5.50. The molecule has 106 heavy (non-hydrogen) atoms. The lowest BCUT2D eigenvalue weighted by molar-refractivity contribution is 1.18. The summed E-state index contributed by atoms with van der Waals surface area (Å²) in [6.45, 7) is 0. The first-order valence-electron chi connectivity index (χ1n) is 36.3. The minimum atomic E-state index is 0.902. The molecule has 0 N–H and O–H groups in total. The number of benzene rings is 15. The predicted octanol–water partition coefficient (Wildman–Crippen LogP) is 26.2. The number of hydrogen-bond acceptors (Lipinski definition) is 2. The van der Waals surface area contributed by atoms with Gasteiger partial charge >= 0.3 is 0 Å². The van der Waals surface area contributed by atoms with E-state index in [-0.39, 0.29) is 0 Å². The second kappa shape index (κ2) is 24.8. The molecule has 0 unspecified atom stereocenters. The van der Waals surface area contributed by atoms with Crippen LogP contribution in [0, 0.1) is 0 Å². The zero-order chi connectivity index (χ0) is 69.8. The van der Waals surface area contributed by atoms with E-state index in [2.05, 4.69) is 407 Å². The van der Waals surface area contributed by atoms with E-state index < -0.39 is 0 Å². The van der Waals surface area contributed by atoms with Crippen molar-refractivity contribution in [1.29, 1.82) is 0 Å². The van der Waals surface area contributed by atoms with Crippen molar-refractivity contribution in [3.63, 3.8) is 0 Å². The Bertz CT molecular complexity index is 6040. The van der Waals surface area contributed by atoms with Crippen molar-refractivity contribution < 1.29 is 0 Å². The molecule has 21 aromatic rings. The van der Waals surface area contributed by atoms with Gasteiger partial charge < -0.3 is 18.3 Å². The first-order valence-corrected chi connectivity index (χ1v) is 36.3. The summed E-state index contributed by atoms with van der Waals surface area (Å²) in [5.74, 6) is 0. The van der Waals surface area contributed by atoms with Crippen LogP contribution >= 0.6 is 0 Å². The van der Waals surface area contributed by atoms with Gasteiger partial charge in [0.25, 0.3) is 0 Å². The summed E-state index contributed by atoms with van der Waals surface area (Å²) < 4.78 is 9.48. The van der Waals surface area contributed by atoms with E-state index in [1.54, 1.807) is 0 Å². The van der Waals surface area contributed by atoms with Gasteiger partial charge in [0.1, 0.15) is 0 Å². The molecule has 0 aliphatic carbocycles. The highest BCUT2D eigenvalue weighted by Crippen LogP contribution is 2.42. The van der Waals surface area contributed by atoms with Crippen LogP contribution in [0.3, 0.4) is 0 Å². The van der Waals surface area contributed by atoms with Crippen molar-refractivity contribution >= 4 is 87.2 Å². The van der Waals surface area contributed by atoms with E-state index in [1.165, 1.54) is 87.2 Å². The highest BCUT2D eigenvalue weighted by Gasteiger charge is 2.20. The molecular weight excluding hydrogens is 1290 g/mol. The molecule has 6 aromatic heterocycles. The monoisotopic (exact) mass is 1350 g/mol. The average molecular weight is 1350 g/mol. The van der Waals surface area contributed by atoms with Gasteiger partial charge in [-0.25, -0.2) is 9.97 Å². The van der Waals surface area contributed by atoms with E-state index in [0.717, 1.165) is 112 Å². The lowest BCUT2D eigenvalue weighted by Gasteiger charge is -2.14. The van der Waals surface area contributed by atoms with Gasteiger partial charge in [-0.2, -0.15) is 0 Å². The summed E-state index contributed by atoms with van der Waals surface area (Å²) in [6.07, 6.45) is 0. The van der Waals surface area contributed by atoms with Crippen LogP contribution < -0.4 is 0 Å². The average Bonchev–Trinajstić information content (AvgIpc) is 1.59. The fourth-order valence-corrected chi connectivity index (χ4v) is 16.5. The fourth-order valence-electron chi connectivity index (χ4n) is 16.5. The molecule has 15 aromatic carbocycles.